The van der Waals surface area contributed by atoms with E-state index in [2.05, 4.69) is 10.6 Å². The summed E-state index contributed by atoms with van der Waals surface area (Å²) in [6, 6.07) is 0.429. The quantitative estimate of drug-likeness (QED) is 0.801. The molecular formula is C16H26N2O. The van der Waals surface area contributed by atoms with Crippen LogP contribution in [0.3, 0.4) is 0 Å². The van der Waals surface area contributed by atoms with E-state index in [4.69, 9.17) is 0 Å². The first-order valence-electron chi connectivity index (χ1n) is 8.25. The molecule has 4 saturated carbocycles. The molecule has 3 heteroatoms. The van der Waals surface area contributed by atoms with E-state index < -0.39 is 0 Å². The Morgan fingerprint density at radius 1 is 1.05 bits per heavy atom. The molecule has 5 aliphatic rings. The summed E-state index contributed by atoms with van der Waals surface area (Å²) in [5, 5.41) is 6.98. The van der Waals surface area contributed by atoms with Crippen molar-refractivity contribution in [1.29, 1.82) is 0 Å². The molecule has 1 atom stereocenters. The molecule has 19 heavy (non-hydrogen) atoms. The second-order valence-corrected chi connectivity index (χ2v) is 7.74. The van der Waals surface area contributed by atoms with Crippen LogP contribution in [0, 0.1) is 17.8 Å². The number of amides is 1. The molecule has 2 N–H and O–H groups in total. The van der Waals surface area contributed by atoms with Gasteiger partial charge >= 0.3 is 0 Å². The van der Waals surface area contributed by atoms with Gasteiger partial charge in [-0.2, -0.15) is 0 Å². The molecule has 0 aromatic carbocycles. The summed E-state index contributed by atoms with van der Waals surface area (Å²) in [4.78, 5) is 11.7. The van der Waals surface area contributed by atoms with Crippen molar-refractivity contribution in [2.24, 2.45) is 17.8 Å². The van der Waals surface area contributed by atoms with Crippen molar-refractivity contribution in [3.05, 3.63) is 0 Å². The fourth-order valence-electron chi connectivity index (χ4n) is 5.82. The first kappa shape index (κ1) is 12.2. The smallest absolute Gasteiger partial charge is 0.221 e. The molecule has 0 unspecified atom stereocenters. The largest absolute Gasteiger partial charge is 0.356 e. The highest BCUT2D eigenvalue weighted by atomic mass is 16.1. The fraction of sp³-hybridized carbons (Fsp3) is 0.938. The first-order chi connectivity index (χ1) is 9.21. The van der Waals surface area contributed by atoms with E-state index in [1.165, 1.54) is 44.9 Å². The monoisotopic (exact) mass is 262 g/mol. The molecule has 4 aliphatic carbocycles. The Kier molecular flexibility index (Phi) is 2.87. The number of carbonyl (C=O) groups excluding carboxylic acids is 1. The Labute approximate surface area is 115 Å². The highest BCUT2D eigenvalue weighted by Gasteiger charge is 2.51. The van der Waals surface area contributed by atoms with Crippen LogP contribution in [0.2, 0.25) is 0 Å². The zero-order chi connectivity index (χ0) is 12.9. The van der Waals surface area contributed by atoms with Crippen LogP contribution in [-0.2, 0) is 4.79 Å². The van der Waals surface area contributed by atoms with E-state index in [9.17, 15) is 4.79 Å². The predicted octanol–water partition coefficient (Wildman–Crippen LogP) is 2.21. The number of rotatable bonds is 2. The Bertz CT molecular complexity index is 344. The lowest BCUT2D eigenvalue weighted by atomic mass is 9.53. The van der Waals surface area contributed by atoms with Gasteiger partial charge in [-0.1, -0.05) is 0 Å². The number of hydrogen-bond donors (Lipinski definition) is 2. The van der Waals surface area contributed by atoms with Crippen LogP contribution in [0.25, 0.3) is 0 Å². The third-order valence-corrected chi connectivity index (χ3v) is 6.03. The maximum Gasteiger partial charge on any atom is 0.221 e. The maximum atomic E-state index is 11.7. The van der Waals surface area contributed by atoms with E-state index in [0.717, 1.165) is 30.7 Å². The molecule has 5 fully saturated rings. The molecule has 1 heterocycles. The first-order valence-corrected chi connectivity index (χ1v) is 8.25. The maximum absolute atomic E-state index is 11.7. The van der Waals surface area contributed by atoms with E-state index in [1.54, 1.807) is 0 Å². The molecule has 1 saturated heterocycles. The highest BCUT2D eigenvalue weighted by molar-refractivity contribution is 5.76. The summed E-state index contributed by atoms with van der Waals surface area (Å²) in [7, 11) is 0. The summed E-state index contributed by atoms with van der Waals surface area (Å²) in [6.45, 7) is 0.873. The minimum Gasteiger partial charge on any atom is -0.356 e. The standard InChI is InChI=1S/C16H26N2O/c19-15-7-14(2-1-3-17-15)18-16-8-11-4-12(9-16)6-13(5-11)10-16/h11-14,18H,1-10H2,(H,17,19)/t11?,12?,13?,14-,16?/m0/s1. The molecule has 0 aromatic rings. The third-order valence-electron chi connectivity index (χ3n) is 6.03. The highest BCUT2D eigenvalue weighted by Crippen LogP contribution is 2.55. The minimum absolute atomic E-state index is 0.250. The minimum atomic E-state index is 0.250. The van der Waals surface area contributed by atoms with Gasteiger partial charge in [-0.3, -0.25) is 4.79 Å². The van der Waals surface area contributed by atoms with E-state index in [-0.39, 0.29) is 5.91 Å². The van der Waals surface area contributed by atoms with Gasteiger partial charge in [-0.25, -0.2) is 0 Å². The molecule has 1 aliphatic heterocycles. The van der Waals surface area contributed by atoms with Gasteiger partial charge in [0, 0.05) is 24.5 Å². The molecule has 106 valence electrons. The Hall–Kier alpha value is -0.570. The van der Waals surface area contributed by atoms with Crippen LogP contribution in [0.15, 0.2) is 0 Å². The average Bonchev–Trinajstić information content (AvgIpc) is 2.51. The van der Waals surface area contributed by atoms with Crippen molar-refractivity contribution in [3.8, 4) is 0 Å². The molecule has 1 amide bonds. The van der Waals surface area contributed by atoms with Gasteiger partial charge in [-0.05, 0) is 69.1 Å². The van der Waals surface area contributed by atoms with Crippen LogP contribution >= 0.6 is 0 Å². The van der Waals surface area contributed by atoms with Crippen LogP contribution < -0.4 is 10.6 Å². The van der Waals surface area contributed by atoms with Crippen LogP contribution in [0.4, 0.5) is 0 Å². The zero-order valence-electron chi connectivity index (χ0n) is 11.8. The summed E-state index contributed by atoms with van der Waals surface area (Å²) < 4.78 is 0. The van der Waals surface area contributed by atoms with Crippen molar-refractivity contribution in [1.82, 2.24) is 10.6 Å². The Morgan fingerprint density at radius 3 is 2.32 bits per heavy atom. The van der Waals surface area contributed by atoms with Crippen LogP contribution in [-0.4, -0.2) is 24.0 Å². The van der Waals surface area contributed by atoms with Gasteiger partial charge in [-0.15, -0.1) is 0 Å². The molecule has 5 rings (SSSR count). The molecule has 3 nitrogen and oxygen atoms in total. The molecular weight excluding hydrogens is 236 g/mol. The third kappa shape index (κ3) is 2.31. The average molecular weight is 262 g/mol. The molecule has 0 radical (unpaired) electrons. The molecule has 4 bridgehead atoms. The lowest BCUT2D eigenvalue weighted by molar-refractivity contribution is -0.121. The normalized spacial score (nSPS) is 48.9. The van der Waals surface area contributed by atoms with Gasteiger partial charge in [0.15, 0.2) is 0 Å². The topological polar surface area (TPSA) is 41.1 Å². The van der Waals surface area contributed by atoms with Crippen molar-refractivity contribution in [2.75, 3.05) is 6.54 Å². The van der Waals surface area contributed by atoms with Gasteiger partial charge in [0.2, 0.25) is 5.91 Å². The van der Waals surface area contributed by atoms with E-state index >= 15 is 0 Å². The summed E-state index contributed by atoms with van der Waals surface area (Å²) in [5.41, 5.74) is 0.407. The van der Waals surface area contributed by atoms with Crippen molar-refractivity contribution >= 4 is 5.91 Å². The summed E-state index contributed by atoms with van der Waals surface area (Å²) >= 11 is 0. The zero-order valence-corrected chi connectivity index (χ0v) is 11.8. The second-order valence-electron chi connectivity index (χ2n) is 7.74. The van der Waals surface area contributed by atoms with E-state index in [0.29, 0.717) is 18.0 Å². The van der Waals surface area contributed by atoms with Crippen LogP contribution in [0.5, 0.6) is 0 Å². The predicted molar refractivity (Wildman–Crippen MR) is 74.7 cm³/mol. The van der Waals surface area contributed by atoms with Crippen molar-refractivity contribution in [2.45, 2.75) is 69.4 Å². The molecule has 0 spiro atoms. The second kappa shape index (κ2) is 4.47. The fourth-order valence-corrected chi connectivity index (χ4v) is 5.82. The van der Waals surface area contributed by atoms with Crippen LogP contribution in [0.1, 0.15) is 57.8 Å². The SMILES string of the molecule is O=C1C[C@@H](NC23CC4CC(CC(C4)C2)C3)CCCN1. The van der Waals surface area contributed by atoms with E-state index in [1.807, 2.05) is 0 Å². The lowest BCUT2D eigenvalue weighted by Gasteiger charge is -2.58. The summed E-state index contributed by atoms with van der Waals surface area (Å²) in [5.74, 6) is 3.20. The molecule has 0 aromatic heterocycles. The lowest BCUT2D eigenvalue weighted by Crippen LogP contribution is -2.61. The Morgan fingerprint density at radius 2 is 1.68 bits per heavy atom. The van der Waals surface area contributed by atoms with Gasteiger partial charge < -0.3 is 10.6 Å². The van der Waals surface area contributed by atoms with Gasteiger partial charge in [0.05, 0.1) is 0 Å². The van der Waals surface area contributed by atoms with Crippen molar-refractivity contribution < 1.29 is 4.79 Å². The number of nitrogens with one attached hydrogen (secondary N) is 2. The van der Waals surface area contributed by atoms with Gasteiger partial charge in [0.25, 0.3) is 0 Å². The number of carbonyl (C=O) groups is 1. The summed E-state index contributed by atoms with van der Waals surface area (Å²) in [6.07, 6.45) is 11.6. The number of hydrogen-bond acceptors (Lipinski definition) is 2. The Balaban J connectivity index is 1.48. The van der Waals surface area contributed by atoms with Crippen molar-refractivity contribution in [3.63, 3.8) is 0 Å². The van der Waals surface area contributed by atoms with Gasteiger partial charge in [0.1, 0.15) is 0 Å².